The number of amides is 1. The summed E-state index contributed by atoms with van der Waals surface area (Å²) in [4.78, 5) is 12.7. The van der Waals surface area contributed by atoms with Crippen molar-refractivity contribution in [1.29, 1.82) is 0 Å². The van der Waals surface area contributed by atoms with Crippen LogP contribution in [-0.2, 0) is 0 Å². The van der Waals surface area contributed by atoms with Gasteiger partial charge in [-0.25, -0.2) is 0 Å². The number of fused-ring (bicyclic) bond motifs is 1. The molecular formula is C21H23F2NO4. The number of benzene rings is 2. The zero-order valence-corrected chi connectivity index (χ0v) is 15.8. The number of carbonyl (C=O) groups excluding carboxylic acids is 1. The molecule has 28 heavy (non-hydrogen) atoms. The maximum Gasteiger partial charge on any atom is 0.387 e. The molecular weight excluding hydrogens is 368 g/mol. The third kappa shape index (κ3) is 4.91. The quantitative estimate of drug-likeness (QED) is 0.783. The fraction of sp³-hybridized carbons (Fsp3) is 0.381. The highest BCUT2D eigenvalue weighted by atomic mass is 19.3. The molecule has 2 aromatic rings. The second-order valence-electron chi connectivity index (χ2n) is 6.85. The summed E-state index contributed by atoms with van der Waals surface area (Å²) in [6.07, 6.45) is 0.819. The van der Waals surface area contributed by atoms with Crippen LogP contribution in [0.4, 0.5) is 8.78 Å². The first kappa shape index (κ1) is 19.9. The fourth-order valence-corrected chi connectivity index (χ4v) is 3.02. The lowest BCUT2D eigenvalue weighted by Gasteiger charge is -2.24. The van der Waals surface area contributed by atoms with Gasteiger partial charge in [0.05, 0.1) is 19.3 Å². The molecule has 7 heteroatoms. The van der Waals surface area contributed by atoms with Gasteiger partial charge in [0.15, 0.2) is 11.5 Å². The van der Waals surface area contributed by atoms with Crippen molar-refractivity contribution >= 4 is 5.91 Å². The lowest BCUT2D eigenvalue weighted by Crippen LogP contribution is -2.31. The van der Waals surface area contributed by atoms with Crippen molar-refractivity contribution in [2.45, 2.75) is 32.9 Å². The number of hydrogen-bond donors (Lipinski definition) is 1. The van der Waals surface area contributed by atoms with Gasteiger partial charge in [0.25, 0.3) is 5.91 Å². The van der Waals surface area contributed by atoms with Crippen molar-refractivity contribution in [2.75, 3.05) is 13.2 Å². The van der Waals surface area contributed by atoms with Gasteiger partial charge in [-0.1, -0.05) is 19.9 Å². The maximum absolute atomic E-state index is 12.7. The fourth-order valence-electron chi connectivity index (χ4n) is 3.02. The van der Waals surface area contributed by atoms with Gasteiger partial charge in [-0.15, -0.1) is 0 Å². The molecule has 1 aliphatic rings. The van der Waals surface area contributed by atoms with Crippen LogP contribution in [0.3, 0.4) is 0 Å². The van der Waals surface area contributed by atoms with E-state index in [4.69, 9.17) is 9.47 Å². The van der Waals surface area contributed by atoms with Crippen molar-refractivity contribution in [3.8, 4) is 17.2 Å². The minimum atomic E-state index is -2.90. The molecule has 1 amide bonds. The van der Waals surface area contributed by atoms with Crippen LogP contribution in [0.15, 0.2) is 42.5 Å². The largest absolute Gasteiger partial charge is 0.490 e. The van der Waals surface area contributed by atoms with Gasteiger partial charge in [0.1, 0.15) is 5.75 Å². The molecule has 0 saturated carbocycles. The number of halogens is 2. The lowest BCUT2D eigenvalue weighted by molar-refractivity contribution is -0.0498. The zero-order chi connectivity index (χ0) is 20.1. The number of carbonyl (C=O) groups is 1. The standard InChI is InChI=1S/C21H23F2NO4/c1-13(2)19(15-6-9-17-18(12-15)27-11-3-10-26-17)24-20(25)14-4-7-16(8-5-14)28-21(22)23/h4-9,12-13,19,21H,3,10-11H2,1-2H3,(H,24,25)/t19-/m0/s1. The van der Waals surface area contributed by atoms with Gasteiger partial charge in [-0.3, -0.25) is 4.79 Å². The van der Waals surface area contributed by atoms with Gasteiger partial charge in [-0.2, -0.15) is 8.78 Å². The molecule has 0 fully saturated rings. The molecule has 3 rings (SSSR count). The molecule has 1 N–H and O–H groups in total. The molecule has 0 saturated heterocycles. The summed E-state index contributed by atoms with van der Waals surface area (Å²) in [7, 11) is 0. The van der Waals surface area contributed by atoms with E-state index < -0.39 is 6.61 Å². The minimum Gasteiger partial charge on any atom is -0.490 e. The van der Waals surface area contributed by atoms with E-state index in [0.717, 1.165) is 12.0 Å². The Balaban J connectivity index is 1.76. The average molecular weight is 391 g/mol. The predicted octanol–water partition coefficient (Wildman–Crippen LogP) is 4.58. The van der Waals surface area contributed by atoms with E-state index in [1.165, 1.54) is 24.3 Å². The van der Waals surface area contributed by atoms with Crippen LogP contribution < -0.4 is 19.5 Å². The summed E-state index contributed by atoms with van der Waals surface area (Å²) in [5.74, 6) is 1.20. The minimum absolute atomic E-state index is 0.00913. The normalized spacial score (nSPS) is 14.5. The third-order valence-corrected chi connectivity index (χ3v) is 4.43. The highest BCUT2D eigenvalue weighted by Crippen LogP contribution is 2.34. The van der Waals surface area contributed by atoms with Crippen LogP contribution >= 0.6 is 0 Å². The van der Waals surface area contributed by atoms with Crippen LogP contribution in [0.2, 0.25) is 0 Å². The summed E-state index contributed by atoms with van der Waals surface area (Å²) in [5.41, 5.74) is 1.27. The van der Waals surface area contributed by atoms with E-state index in [9.17, 15) is 13.6 Å². The smallest absolute Gasteiger partial charge is 0.387 e. The summed E-state index contributed by atoms with van der Waals surface area (Å²) >= 11 is 0. The van der Waals surface area contributed by atoms with E-state index >= 15 is 0 Å². The molecule has 2 aromatic carbocycles. The summed E-state index contributed by atoms with van der Waals surface area (Å²) in [6, 6.07) is 11.0. The van der Waals surface area contributed by atoms with Crippen molar-refractivity contribution < 1.29 is 27.8 Å². The van der Waals surface area contributed by atoms with Gasteiger partial charge >= 0.3 is 6.61 Å². The molecule has 0 aromatic heterocycles. The monoisotopic (exact) mass is 391 g/mol. The Labute approximate surface area is 162 Å². The van der Waals surface area contributed by atoms with E-state index in [1.54, 1.807) is 0 Å². The van der Waals surface area contributed by atoms with Crippen LogP contribution in [0.25, 0.3) is 0 Å². The Morgan fingerprint density at radius 3 is 2.36 bits per heavy atom. The third-order valence-electron chi connectivity index (χ3n) is 4.43. The van der Waals surface area contributed by atoms with Gasteiger partial charge in [-0.05, 0) is 47.9 Å². The lowest BCUT2D eigenvalue weighted by atomic mass is 9.95. The number of ether oxygens (including phenoxy) is 3. The molecule has 1 heterocycles. The Bertz CT molecular complexity index is 809. The first-order chi connectivity index (χ1) is 13.4. The highest BCUT2D eigenvalue weighted by molar-refractivity contribution is 5.94. The second kappa shape index (κ2) is 8.91. The highest BCUT2D eigenvalue weighted by Gasteiger charge is 2.22. The van der Waals surface area contributed by atoms with Gasteiger partial charge in [0.2, 0.25) is 0 Å². The second-order valence-corrected chi connectivity index (χ2v) is 6.85. The molecule has 0 aliphatic carbocycles. The van der Waals surface area contributed by atoms with Gasteiger partial charge in [0, 0.05) is 12.0 Å². The molecule has 150 valence electrons. The number of rotatable bonds is 6. The molecule has 0 spiro atoms. The SMILES string of the molecule is CC(C)[C@H](NC(=O)c1ccc(OC(F)F)cc1)c1ccc2c(c1)OCCCO2. The van der Waals surface area contributed by atoms with E-state index in [0.29, 0.717) is 30.3 Å². The summed E-state index contributed by atoms with van der Waals surface area (Å²) < 4.78 is 40.2. The molecule has 0 radical (unpaired) electrons. The maximum atomic E-state index is 12.7. The first-order valence-corrected chi connectivity index (χ1v) is 9.19. The van der Waals surface area contributed by atoms with Gasteiger partial charge < -0.3 is 19.5 Å². The Morgan fingerprint density at radius 1 is 1.04 bits per heavy atom. The molecule has 1 aliphatic heterocycles. The van der Waals surface area contributed by atoms with Crippen LogP contribution in [0, 0.1) is 5.92 Å². The predicted molar refractivity (Wildman–Crippen MR) is 100 cm³/mol. The molecule has 0 unspecified atom stereocenters. The van der Waals surface area contributed by atoms with Crippen molar-refractivity contribution in [3.63, 3.8) is 0 Å². The average Bonchev–Trinajstić information content (AvgIpc) is 2.90. The van der Waals surface area contributed by atoms with Crippen molar-refractivity contribution in [2.24, 2.45) is 5.92 Å². The molecule has 0 bridgehead atoms. The Kier molecular flexibility index (Phi) is 6.34. The van der Waals surface area contributed by atoms with Crippen LogP contribution in [-0.4, -0.2) is 25.7 Å². The van der Waals surface area contributed by atoms with E-state index in [-0.39, 0.29) is 23.6 Å². The summed E-state index contributed by atoms with van der Waals surface area (Å²) in [6.45, 7) is 2.31. The molecule has 5 nitrogen and oxygen atoms in total. The number of hydrogen-bond acceptors (Lipinski definition) is 4. The number of nitrogens with one attached hydrogen (secondary N) is 1. The topological polar surface area (TPSA) is 56.8 Å². The first-order valence-electron chi connectivity index (χ1n) is 9.19. The summed E-state index contributed by atoms with van der Waals surface area (Å²) in [5, 5.41) is 3.01. The zero-order valence-electron chi connectivity index (χ0n) is 15.8. The molecule has 1 atom stereocenters. The van der Waals surface area contributed by atoms with Crippen LogP contribution in [0.1, 0.15) is 42.2 Å². The van der Waals surface area contributed by atoms with E-state index in [1.807, 2.05) is 32.0 Å². The van der Waals surface area contributed by atoms with Crippen molar-refractivity contribution in [1.82, 2.24) is 5.32 Å². The number of alkyl halides is 2. The van der Waals surface area contributed by atoms with E-state index in [2.05, 4.69) is 10.1 Å². The van der Waals surface area contributed by atoms with Crippen molar-refractivity contribution in [3.05, 3.63) is 53.6 Å². The van der Waals surface area contributed by atoms with Crippen LogP contribution in [0.5, 0.6) is 17.2 Å². The Hall–Kier alpha value is -2.83. The Morgan fingerprint density at radius 2 is 1.71 bits per heavy atom.